The molecule has 0 saturated carbocycles. The SMILES string of the molecule is COCOc1c(P(c2cccc(C(C)(C)C)c2OCOC)[Si](C)(C)c2ccccc2)cccc1C(C)(C)C. The van der Waals surface area contributed by atoms with Gasteiger partial charge in [-0.1, -0.05) is 127 Å². The van der Waals surface area contributed by atoms with Gasteiger partial charge in [0.1, 0.15) is 19.2 Å². The zero-order valence-corrected chi connectivity index (χ0v) is 26.7. The van der Waals surface area contributed by atoms with Crippen LogP contribution in [0.1, 0.15) is 52.7 Å². The minimum atomic E-state index is -2.17. The Morgan fingerprint density at radius 3 is 1.39 bits per heavy atom. The van der Waals surface area contributed by atoms with Crippen molar-refractivity contribution in [3.63, 3.8) is 0 Å². The minimum absolute atomic E-state index is 0.0961. The lowest BCUT2D eigenvalue weighted by atomic mass is 9.86. The molecule has 0 radical (unpaired) electrons. The van der Waals surface area contributed by atoms with Crippen molar-refractivity contribution in [3.8, 4) is 11.5 Å². The normalized spacial score (nSPS) is 12.6. The predicted octanol–water partition coefficient (Wildman–Crippen LogP) is 6.79. The molecule has 0 aliphatic heterocycles. The van der Waals surface area contributed by atoms with Gasteiger partial charge in [0.2, 0.25) is 0 Å². The van der Waals surface area contributed by atoms with Crippen molar-refractivity contribution in [2.24, 2.45) is 0 Å². The molecule has 38 heavy (non-hydrogen) atoms. The second-order valence-corrected chi connectivity index (χ2v) is 22.2. The second-order valence-electron chi connectivity index (χ2n) is 12.2. The van der Waals surface area contributed by atoms with Crippen LogP contribution in [-0.2, 0) is 20.3 Å². The maximum Gasteiger partial charge on any atom is 0.188 e. The van der Waals surface area contributed by atoms with Crippen LogP contribution in [0.5, 0.6) is 11.5 Å². The number of hydrogen-bond acceptors (Lipinski definition) is 4. The Morgan fingerprint density at radius 2 is 1.03 bits per heavy atom. The number of ether oxygens (including phenoxy) is 4. The highest BCUT2D eigenvalue weighted by Gasteiger charge is 2.41. The first-order valence-electron chi connectivity index (χ1n) is 13.2. The number of rotatable bonds is 10. The monoisotopic (exact) mass is 552 g/mol. The molecule has 0 spiro atoms. The molecule has 6 heteroatoms. The molecule has 3 rings (SSSR count). The lowest BCUT2D eigenvalue weighted by Crippen LogP contribution is -2.46. The predicted molar refractivity (Wildman–Crippen MR) is 165 cm³/mol. The van der Waals surface area contributed by atoms with Gasteiger partial charge in [-0.2, -0.15) is 0 Å². The van der Waals surface area contributed by atoms with Gasteiger partial charge >= 0.3 is 0 Å². The first-order valence-corrected chi connectivity index (χ1v) is 18.4. The van der Waals surface area contributed by atoms with Crippen molar-refractivity contribution < 1.29 is 18.9 Å². The van der Waals surface area contributed by atoms with Crippen molar-refractivity contribution in [3.05, 3.63) is 77.9 Å². The van der Waals surface area contributed by atoms with E-state index in [0.29, 0.717) is 0 Å². The molecule has 0 N–H and O–H groups in total. The van der Waals surface area contributed by atoms with Crippen LogP contribution in [0.3, 0.4) is 0 Å². The molecule has 0 heterocycles. The molecule has 4 nitrogen and oxygen atoms in total. The van der Waals surface area contributed by atoms with Gasteiger partial charge < -0.3 is 18.9 Å². The Balaban J connectivity index is 2.44. The van der Waals surface area contributed by atoms with Crippen LogP contribution in [0, 0.1) is 0 Å². The molecule has 0 fully saturated rings. The van der Waals surface area contributed by atoms with Crippen LogP contribution in [0.15, 0.2) is 66.7 Å². The quantitative estimate of drug-likeness (QED) is 0.158. The van der Waals surface area contributed by atoms with Crippen LogP contribution < -0.4 is 25.3 Å². The van der Waals surface area contributed by atoms with E-state index < -0.39 is 15.2 Å². The molecule has 0 saturated heterocycles. The summed E-state index contributed by atoms with van der Waals surface area (Å²) in [5.74, 6) is 1.87. The average molecular weight is 553 g/mol. The summed E-state index contributed by atoms with van der Waals surface area (Å²) in [6.45, 7) is 18.8. The van der Waals surface area contributed by atoms with E-state index in [2.05, 4.69) is 121 Å². The molecule has 0 aliphatic carbocycles. The Morgan fingerprint density at radius 1 is 0.605 bits per heavy atom. The highest BCUT2D eigenvalue weighted by Crippen LogP contribution is 2.51. The van der Waals surface area contributed by atoms with Gasteiger partial charge in [-0.05, 0) is 18.3 Å². The van der Waals surface area contributed by atoms with Gasteiger partial charge in [-0.15, -0.1) is 0 Å². The first-order chi connectivity index (χ1) is 17.8. The van der Waals surface area contributed by atoms with Gasteiger partial charge in [0.15, 0.2) is 13.6 Å². The van der Waals surface area contributed by atoms with Gasteiger partial charge in [0.25, 0.3) is 0 Å². The summed E-state index contributed by atoms with van der Waals surface area (Å²) in [7, 11) is 0.283. The standard InChI is InChI=1S/C32H45O4PSi/c1-31(2,3)25-18-14-20-27(29(25)35-22-33-7)37(38(9,10)24-16-12-11-13-17-24)28-21-15-19-26(32(4,5)6)30(28)36-23-34-8/h11-21H,22-23H2,1-10H3. The van der Waals surface area contributed by atoms with Crippen molar-refractivity contribution in [1.29, 1.82) is 0 Å². The van der Waals surface area contributed by atoms with E-state index >= 15 is 0 Å². The van der Waals surface area contributed by atoms with E-state index in [9.17, 15) is 0 Å². The molecule has 3 aromatic carbocycles. The van der Waals surface area contributed by atoms with Crippen LogP contribution in [-0.4, -0.2) is 35.5 Å². The van der Waals surface area contributed by atoms with Crippen LogP contribution in [0.2, 0.25) is 13.1 Å². The highest BCUT2D eigenvalue weighted by molar-refractivity contribution is 8.06. The largest absolute Gasteiger partial charge is 0.467 e. The average Bonchev–Trinajstić information content (AvgIpc) is 2.86. The number of hydrogen-bond donors (Lipinski definition) is 0. The third-order valence-corrected chi connectivity index (χ3v) is 16.9. The fraction of sp³-hybridized carbons (Fsp3) is 0.438. The molecule has 0 aromatic heterocycles. The molecule has 0 atom stereocenters. The molecule has 0 amide bonds. The van der Waals surface area contributed by atoms with Crippen molar-refractivity contribution in [2.45, 2.75) is 65.5 Å². The fourth-order valence-electron chi connectivity index (χ4n) is 4.83. The maximum atomic E-state index is 6.45. The molecule has 3 aromatic rings. The smallest absolute Gasteiger partial charge is 0.188 e. The van der Waals surface area contributed by atoms with E-state index in [1.54, 1.807) is 14.2 Å². The van der Waals surface area contributed by atoms with E-state index in [-0.39, 0.29) is 24.4 Å². The molecule has 0 unspecified atom stereocenters. The van der Waals surface area contributed by atoms with Gasteiger partial charge in [0.05, 0.1) is 0 Å². The van der Waals surface area contributed by atoms with Crippen LogP contribution in [0.25, 0.3) is 0 Å². The third-order valence-electron chi connectivity index (χ3n) is 6.77. The zero-order valence-electron chi connectivity index (χ0n) is 24.8. The molecular formula is C32H45O4PSi. The third kappa shape index (κ3) is 6.69. The number of methoxy groups -OCH3 is 2. The lowest BCUT2D eigenvalue weighted by molar-refractivity contribution is 0.0506. The van der Waals surface area contributed by atoms with Crippen molar-refractivity contribution in [2.75, 3.05) is 27.8 Å². The summed E-state index contributed by atoms with van der Waals surface area (Å²) in [6, 6.07) is 24.2. The first kappa shape index (κ1) is 30.4. The Kier molecular flexibility index (Phi) is 9.86. The molecule has 0 aliphatic rings. The topological polar surface area (TPSA) is 36.9 Å². The van der Waals surface area contributed by atoms with Crippen LogP contribution in [0.4, 0.5) is 0 Å². The zero-order chi connectivity index (χ0) is 28.1. The second kappa shape index (κ2) is 12.3. The molecular weight excluding hydrogens is 507 g/mol. The lowest BCUT2D eigenvalue weighted by Gasteiger charge is -2.38. The summed E-state index contributed by atoms with van der Waals surface area (Å²) in [6.07, 6.45) is 0. The van der Waals surface area contributed by atoms with E-state index in [1.807, 2.05) is 0 Å². The fourth-order valence-corrected chi connectivity index (χ4v) is 14.7. The summed E-state index contributed by atoms with van der Waals surface area (Å²) in [5.41, 5.74) is 2.18. The van der Waals surface area contributed by atoms with Gasteiger partial charge in [-0.25, -0.2) is 0 Å². The van der Waals surface area contributed by atoms with E-state index in [1.165, 1.54) is 26.9 Å². The summed E-state index contributed by atoms with van der Waals surface area (Å²) in [5, 5.41) is 3.88. The van der Waals surface area contributed by atoms with Crippen molar-refractivity contribution in [1.82, 2.24) is 0 Å². The van der Waals surface area contributed by atoms with Gasteiger partial charge in [0, 0.05) is 36.0 Å². The molecule has 0 bridgehead atoms. The van der Waals surface area contributed by atoms with Gasteiger partial charge in [-0.3, -0.25) is 0 Å². The number of benzene rings is 3. The Bertz CT molecular complexity index is 1130. The summed E-state index contributed by atoms with van der Waals surface area (Å²) in [4.78, 5) is 0. The Hall–Kier alpha value is -2.17. The molecule has 206 valence electrons. The number of para-hydroxylation sites is 2. The van der Waals surface area contributed by atoms with E-state index in [0.717, 1.165) is 11.5 Å². The van der Waals surface area contributed by atoms with E-state index in [4.69, 9.17) is 18.9 Å². The summed E-state index contributed by atoms with van der Waals surface area (Å²) < 4.78 is 23.7. The van der Waals surface area contributed by atoms with Crippen LogP contribution >= 0.6 is 7.47 Å². The van der Waals surface area contributed by atoms with Crippen molar-refractivity contribution >= 4 is 31.0 Å². The highest BCUT2D eigenvalue weighted by atomic mass is 31.4. The Labute approximate surface area is 232 Å². The maximum absolute atomic E-state index is 6.45. The minimum Gasteiger partial charge on any atom is -0.467 e. The summed E-state index contributed by atoms with van der Waals surface area (Å²) >= 11 is 0.